The monoisotopic (exact) mass is 499 g/mol. The molecule has 0 spiro atoms. The number of nitrogens with zero attached hydrogens (tertiary/aromatic N) is 5. The van der Waals surface area contributed by atoms with Gasteiger partial charge in [-0.2, -0.15) is 0 Å². The van der Waals surface area contributed by atoms with Crippen LogP contribution in [0.1, 0.15) is 37.4 Å². The number of halogens is 2. The fraction of sp³-hybridized carbons (Fsp3) is 0.652. The highest BCUT2D eigenvalue weighted by atomic mass is 35.5. The number of rotatable bonds is 7. The Kier molecular flexibility index (Phi) is 9.56. The van der Waals surface area contributed by atoms with Crippen molar-refractivity contribution in [2.24, 2.45) is 13.0 Å². The molecule has 0 saturated carbocycles. The van der Waals surface area contributed by atoms with Crippen molar-refractivity contribution in [1.29, 1.82) is 0 Å². The Labute approximate surface area is 208 Å². The molecule has 3 saturated heterocycles. The van der Waals surface area contributed by atoms with E-state index in [1.165, 1.54) is 44.7 Å². The SMILES string of the molecule is Cl.Cl.Cn1c(SCCCN2C[C@H]3CCN(c4ccccc4)[C@H]3C2)nnc1C1CCOCC1. The van der Waals surface area contributed by atoms with Gasteiger partial charge >= 0.3 is 0 Å². The number of ether oxygens (including phenoxy) is 1. The third-order valence-corrected chi connectivity index (χ3v) is 8.12. The largest absolute Gasteiger partial charge is 0.381 e. The number of thioether (sulfide) groups is 1. The molecule has 3 fully saturated rings. The molecular formula is C23H35Cl2N5OS. The fourth-order valence-corrected chi connectivity index (χ4v) is 6.23. The zero-order chi connectivity index (χ0) is 20.3. The Balaban J connectivity index is 0.00000144. The molecule has 5 rings (SSSR count). The molecule has 6 nitrogen and oxygen atoms in total. The lowest BCUT2D eigenvalue weighted by Crippen LogP contribution is -2.35. The molecule has 1 aromatic heterocycles. The Hall–Kier alpha value is -0.990. The van der Waals surface area contributed by atoms with Gasteiger partial charge in [0.1, 0.15) is 5.82 Å². The van der Waals surface area contributed by atoms with Crippen molar-refractivity contribution in [3.8, 4) is 0 Å². The van der Waals surface area contributed by atoms with Gasteiger partial charge in [-0.15, -0.1) is 35.0 Å². The Bertz CT molecular complexity index is 833. The molecule has 2 aromatic rings. The third-order valence-electron chi connectivity index (χ3n) is 7.02. The molecule has 0 N–H and O–H groups in total. The van der Waals surface area contributed by atoms with Gasteiger partial charge in [-0.05, 0) is 50.3 Å². The summed E-state index contributed by atoms with van der Waals surface area (Å²) >= 11 is 1.86. The minimum absolute atomic E-state index is 0. The summed E-state index contributed by atoms with van der Waals surface area (Å²) in [7, 11) is 2.12. The van der Waals surface area contributed by atoms with Gasteiger partial charge in [-0.1, -0.05) is 30.0 Å². The van der Waals surface area contributed by atoms with Crippen molar-refractivity contribution >= 4 is 42.3 Å². The maximum absolute atomic E-state index is 5.48. The minimum Gasteiger partial charge on any atom is -0.381 e. The first-order chi connectivity index (χ1) is 14.8. The first-order valence-electron chi connectivity index (χ1n) is 11.4. The van der Waals surface area contributed by atoms with Crippen LogP contribution in [0, 0.1) is 5.92 Å². The summed E-state index contributed by atoms with van der Waals surface area (Å²) in [5, 5.41) is 10.0. The molecule has 0 amide bonds. The number of para-hydroxylation sites is 1. The molecule has 0 radical (unpaired) electrons. The highest BCUT2D eigenvalue weighted by Gasteiger charge is 2.40. The van der Waals surface area contributed by atoms with Crippen LogP contribution < -0.4 is 4.90 Å². The van der Waals surface area contributed by atoms with Gasteiger partial charge in [-0.25, -0.2) is 0 Å². The molecule has 0 aliphatic carbocycles. The lowest BCUT2D eigenvalue weighted by atomic mass is 10.00. The molecule has 32 heavy (non-hydrogen) atoms. The standard InChI is InChI=1S/C23H33N5OS.2ClH/c1-26-22(18-9-13-29-14-10-18)24-25-23(26)30-15-5-11-27-16-19-8-12-28(21(19)17-27)20-6-3-2-4-7-20;;/h2-4,6-7,18-19,21H,5,8-17H2,1H3;2*1H/t19-,21+;;/m1../s1. The van der Waals surface area contributed by atoms with Crippen molar-refractivity contribution in [3.63, 3.8) is 0 Å². The van der Waals surface area contributed by atoms with E-state index in [0.717, 1.165) is 48.7 Å². The second-order valence-electron chi connectivity index (χ2n) is 8.89. The van der Waals surface area contributed by atoms with Crippen molar-refractivity contribution in [3.05, 3.63) is 36.2 Å². The van der Waals surface area contributed by atoms with E-state index in [4.69, 9.17) is 4.74 Å². The molecule has 3 aliphatic heterocycles. The number of hydrogen-bond acceptors (Lipinski definition) is 6. The number of anilines is 1. The van der Waals surface area contributed by atoms with Crippen LogP contribution in [-0.4, -0.2) is 70.9 Å². The van der Waals surface area contributed by atoms with E-state index < -0.39 is 0 Å². The first-order valence-corrected chi connectivity index (χ1v) is 12.4. The molecule has 3 aliphatic rings. The highest BCUT2D eigenvalue weighted by Crippen LogP contribution is 2.35. The summed E-state index contributed by atoms with van der Waals surface area (Å²) in [5.74, 6) is 3.57. The predicted molar refractivity (Wildman–Crippen MR) is 136 cm³/mol. The lowest BCUT2D eigenvalue weighted by molar-refractivity contribution is 0.0828. The number of fused-ring (bicyclic) bond motifs is 1. The van der Waals surface area contributed by atoms with Gasteiger partial charge in [0, 0.05) is 63.3 Å². The molecular weight excluding hydrogens is 465 g/mol. The Morgan fingerprint density at radius 1 is 1.03 bits per heavy atom. The maximum Gasteiger partial charge on any atom is 0.190 e. The van der Waals surface area contributed by atoms with Crippen molar-refractivity contribution in [1.82, 2.24) is 19.7 Å². The summed E-state index contributed by atoms with van der Waals surface area (Å²) in [6.45, 7) is 6.57. The number of likely N-dealkylation sites (tertiary alicyclic amines) is 1. The number of hydrogen-bond donors (Lipinski definition) is 0. The van der Waals surface area contributed by atoms with Crippen LogP contribution in [0.2, 0.25) is 0 Å². The smallest absolute Gasteiger partial charge is 0.190 e. The zero-order valence-corrected chi connectivity index (χ0v) is 21.2. The van der Waals surface area contributed by atoms with Gasteiger partial charge in [-0.3, -0.25) is 0 Å². The average molecular weight is 501 g/mol. The normalized spacial score (nSPS) is 23.6. The Morgan fingerprint density at radius 2 is 1.81 bits per heavy atom. The molecule has 4 heterocycles. The van der Waals surface area contributed by atoms with E-state index in [-0.39, 0.29) is 24.8 Å². The average Bonchev–Trinajstić information content (AvgIpc) is 3.47. The summed E-state index contributed by atoms with van der Waals surface area (Å²) in [6.07, 6.45) is 4.66. The third kappa shape index (κ3) is 5.55. The quantitative estimate of drug-likeness (QED) is 0.419. The van der Waals surface area contributed by atoms with Crippen molar-refractivity contribution in [2.45, 2.75) is 42.8 Å². The van der Waals surface area contributed by atoms with E-state index in [1.807, 2.05) is 11.8 Å². The van der Waals surface area contributed by atoms with Gasteiger partial charge < -0.3 is 19.1 Å². The Morgan fingerprint density at radius 3 is 2.59 bits per heavy atom. The summed E-state index contributed by atoms with van der Waals surface area (Å²) in [5.41, 5.74) is 1.39. The maximum atomic E-state index is 5.48. The van der Waals surface area contributed by atoms with Crippen LogP contribution in [-0.2, 0) is 11.8 Å². The zero-order valence-electron chi connectivity index (χ0n) is 18.8. The number of aromatic nitrogens is 3. The second-order valence-corrected chi connectivity index (χ2v) is 9.96. The highest BCUT2D eigenvalue weighted by molar-refractivity contribution is 7.99. The van der Waals surface area contributed by atoms with E-state index in [1.54, 1.807) is 0 Å². The first kappa shape index (κ1) is 25.6. The fourth-order valence-electron chi connectivity index (χ4n) is 5.39. The molecule has 0 unspecified atom stereocenters. The minimum atomic E-state index is 0. The summed E-state index contributed by atoms with van der Waals surface area (Å²) in [4.78, 5) is 5.31. The van der Waals surface area contributed by atoms with Crippen molar-refractivity contribution in [2.75, 3.05) is 50.0 Å². The van der Waals surface area contributed by atoms with E-state index >= 15 is 0 Å². The van der Waals surface area contributed by atoms with Gasteiger partial charge in [0.05, 0.1) is 0 Å². The summed E-state index contributed by atoms with van der Waals surface area (Å²) < 4.78 is 7.69. The van der Waals surface area contributed by atoms with E-state index in [0.29, 0.717) is 12.0 Å². The van der Waals surface area contributed by atoms with Crippen molar-refractivity contribution < 1.29 is 4.74 Å². The van der Waals surface area contributed by atoms with Gasteiger partial charge in [0.15, 0.2) is 5.16 Å². The predicted octanol–water partition coefficient (Wildman–Crippen LogP) is 4.25. The van der Waals surface area contributed by atoms with Crippen LogP contribution in [0.3, 0.4) is 0 Å². The van der Waals surface area contributed by atoms with Gasteiger partial charge in [0.2, 0.25) is 0 Å². The second kappa shape index (κ2) is 11.9. The van der Waals surface area contributed by atoms with E-state index in [9.17, 15) is 0 Å². The molecule has 9 heteroatoms. The van der Waals surface area contributed by atoms with Crippen LogP contribution in [0.25, 0.3) is 0 Å². The van der Waals surface area contributed by atoms with Crippen LogP contribution in [0.4, 0.5) is 5.69 Å². The number of benzene rings is 1. The lowest BCUT2D eigenvalue weighted by Gasteiger charge is -2.27. The topological polar surface area (TPSA) is 46.4 Å². The molecule has 2 atom stereocenters. The van der Waals surface area contributed by atoms with Crippen LogP contribution in [0.15, 0.2) is 35.5 Å². The van der Waals surface area contributed by atoms with Crippen LogP contribution >= 0.6 is 36.6 Å². The molecule has 1 aromatic carbocycles. The van der Waals surface area contributed by atoms with Gasteiger partial charge in [0.25, 0.3) is 0 Å². The van der Waals surface area contributed by atoms with Crippen LogP contribution in [0.5, 0.6) is 0 Å². The molecule has 0 bridgehead atoms. The molecule has 178 valence electrons. The summed E-state index contributed by atoms with van der Waals surface area (Å²) in [6, 6.07) is 11.6. The van der Waals surface area contributed by atoms with E-state index in [2.05, 4.69) is 61.9 Å².